The molecule has 5 heteroatoms. The second-order valence-electron chi connectivity index (χ2n) is 4.63. The van der Waals surface area contributed by atoms with Gasteiger partial charge < -0.3 is 9.15 Å². The molecule has 0 atom stereocenters. The normalized spacial score (nSPS) is 10.6. The Hall–Kier alpha value is -2.40. The van der Waals surface area contributed by atoms with Gasteiger partial charge in [-0.25, -0.2) is 4.79 Å². The van der Waals surface area contributed by atoms with Crippen LogP contribution in [0.15, 0.2) is 63.5 Å². The van der Waals surface area contributed by atoms with Crippen molar-refractivity contribution in [3.8, 4) is 0 Å². The first kappa shape index (κ1) is 14.5. The van der Waals surface area contributed by atoms with E-state index in [1.54, 1.807) is 36.4 Å². The Balaban J connectivity index is 1.69. The number of fused-ring (bicyclic) bond motifs is 1. The number of halogens is 1. The fourth-order valence-corrected chi connectivity index (χ4v) is 2.47. The van der Waals surface area contributed by atoms with Crippen molar-refractivity contribution < 1.29 is 18.7 Å². The van der Waals surface area contributed by atoms with Crippen LogP contribution in [0, 0.1) is 0 Å². The highest BCUT2D eigenvalue weighted by molar-refractivity contribution is 9.10. The molecular formula is C17H11BrO4. The van der Waals surface area contributed by atoms with Gasteiger partial charge in [-0.1, -0.05) is 30.3 Å². The Morgan fingerprint density at radius 2 is 1.77 bits per heavy atom. The van der Waals surface area contributed by atoms with Gasteiger partial charge in [-0.3, -0.25) is 4.79 Å². The van der Waals surface area contributed by atoms with Gasteiger partial charge in [-0.05, 0) is 40.2 Å². The van der Waals surface area contributed by atoms with Crippen molar-refractivity contribution in [1.82, 2.24) is 0 Å². The number of carbonyl (C=O) groups is 2. The van der Waals surface area contributed by atoms with Crippen LogP contribution in [0.5, 0.6) is 0 Å². The van der Waals surface area contributed by atoms with Crippen molar-refractivity contribution in [2.24, 2.45) is 0 Å². The van der Waals surface area contributed by atoms with Crippen LogP contribution >= 0.6 is 15.9 Å². The minimum atomic E-state index is -0.558. The van der Waals surface area contributed by atoms with E-state index in [0.29, 0.717) is 15.6 Å². The summed E-state index contributed by atoms with van der Waals surface area (Å²) in [5.74, 6) is -0.755. The zero-order valence-electron chi connectivity index (χ0n) is 11.4. The van der Waals surface area contributed by atoms with E-state index in [-0.39, 0.29) is 18.2 Å². The van der Waals surface area contributed by atoms with Crippen molar-refractivity contribution in [2.75, 3.05) is 6.61 Å². The highest BCUT2D eigenvalue weighted by Gasteiger charge is 2.16. The van der Waals surface area contributed by atoms with Gasteiger partial charge in [0.1, 0.15) is 5.58 Å². The van der Waals surface area contributed by atoms with Crippen molar-refractivity contribution in [3.63, 3.8) is 0 Å². The minimum absolute atomic E-state index is 0.182. The molecule has 0 aliphatic carbocycles. The zero-order valence-corrected chi connectivity index (χ0v) is 13.0. The molecule has 1 heterocycles. The van der Waals surface area contributed by atoms with Gasteiger partial charge in [0.25, 0.3) is 0 Å². The lowest BCUT2D eigenvalue weighted by molar-refractivity contribution is 0.0467. The van der Waals surface area contributed by atoms with Gasteiger partial charge >= 0.3 is 5.97 Å². The highest BCUT2D eigenvalue weighted by atomic mass is 79.9. The summed E-state index contributed by atoms with van der Waals surface area (Å²) in [6, 6.07) is 15.8. The second kappa shape index (κ2) is 6.15. The lowest BCUT2D eigenvalue weighted by Crippen LogP contribution is -2.14. The molecule has 1 aromatic heterocycles. The molecule has 0 radical (unpaired) electrons. The number of Topliss-reactive ketones (excluding diaryl/α,β-unsaturated/α-hetero) is 1. The van der Waals surface area contributed by atoms with E-state index in [1.807, 2.05) is 18.2 Å². The third-order valence-electron chi connectivity index (χ3n) is 3.13. The lowest BCUT2D eigenvalue weighted by atomic mass is 10.2. The fraction of sp³-hybridized carbons (Fsp3) is 0.0588. The summed E-state index contributed by atoms with van der Waals surface area (Å²) in [5, 5.41) is 0.836. The van der Waals surface area contributed by atoms with E-state index in [9.17, 15) is 9.59 Å². The Morgan fingerprint density at radius 3 is 2.55 bits per heavy atom. The molecule has 0 saturated carbocycles. The average Bonchev–Trinajstić information content (AvgIpc) is 2.97. The van der Waals surface area contributed by atoms with Gasteiger partial charge in [0.2, 0.25) is 5.78 Å². The van der Waals surface area contributed by atoms with Crippen molar-refractivity contribution in [1.29, 1.82) is 0 Å². The molecule has 0 saturated heterocycles. The Morgan fingerprint density at radius 1 is 1.05 bits per heavy atom. The number of furan rings is 1. The molecule has 0 fully saturated rings. The molecule has 0 bridgehead atoms. The highest BCUT2D eigenvalue weighted by Crippen LogP contribution is 2.20. The van der Waals surface area contributed by atoms with Gasteiger partial charge in [-0.15, -0.1) is 0 Å². The molecule has 0 amide bonds. The molecule has 0 spiro atoms. The topological polar surface area (TPSA) is 56.5 Å². The van der Waals surface area contributed by atoms with Crippen LogP contribution in [0.2, 0.25) is 0 Å². The predicted molar refractivity (Wildman–Crippen MR) is 85.0 cm³/mol. The molecule has 110 valence electrons. The van der Waals surface area contributed by atoms with Crippen LogP contribution in [0.25, 0.3) is 11.0 Å². The summed E-state index contributed by atoms with van der Waals surface area (Å²) in [6.07, 6.45) is 0. The number of hydrogen-bond acceptors (Lipinski definition) is 4. The number of hydrogen-bond donors (Lipinski definition) is 0. The standard InChI is InChI=1S/C17H11BrO4/c18-13-7-3-2-6-12(13)17(20)21-10-14(19)16-9-11-5-1-4-8-15(11)22-16/h1-9H,10H2. The number of benzene rings is 2. The zero-order chi connectivity index (χ0) is 15.5. The van der Waals surface area contributed by atoms with E-state index >= 15 is 0 Å². The van der Waals surface area contributed by atoms with Gasteiger partial charge in [0.05, 0.1) is 5.56 Å². The fourth-order valence-electron chi connectivity index (χ4n) is 2.03. The Bertz CT molecular complexity index is 817. The van der Waals surface area contributed by atoms with Gasteiger partial charge in [0.15, 0.2) is 12.4 Å². The van der Waals surface area contributed by atoms with Crippen molar-refractivity contribution >= 4 is 38.7 Å². The summed E-state index contributed by atoms with van der Waals surface area (Å²) >= 11 is 3.27. The van der Waals surface area contributed by atoms with E-state index in [2.05, 4.69) is 15.9 Å². The third-order valence-corrected chi connectivity index (χ3v) is 3.82. The van der Waals surface area contributed by atoms with Gasteiger partial charge in [-0.2, -0.15) is 0 Å². The molecule has 22 heavy (non-hydrogen) atoms. The van der Waals surface area contributed by atoms with Crippen LogP contribution in [0.3, 0.4) is 0 Å². The third kappa shape index (κ3) is 2.94. The largest absolute Gasteiger partial charge is 0.454 e. The molecule has 3 aromatic rings. The van der Waals surface area contributed by atoms with Gasteiger partial charge in [0, 0.05) is 9.86 Å². The first-order valence-electron chi connectivity index (χ1n) is 6.58. The number of esters is 1. The van der Waals surface area contributed by atoms with Crippen LogP contribution in [-0.4, -0.2) is 18.4 Å². The van der Waals surface area contributed by atoms with E-state index in [1.165, 1.54) is 0 Å². The summed E-state index contributed by atoms with van der Waals surface area (Å²) < 4.78 is 11.1. The number of ketones is 1. The van der Waals surface area contributed by atoms with E-state index in [4.69, 9.17) is 9.15 Å². The quantitative estimate of drug-likeness (QED) is 0.517. The monoisotopic (exact) mass is 358 g/mol. The maximum absolute atomic E-state index is 12.1. The van der Waals surface area contributed by atoms with E-state index < -0.39 is 5.97 Å². The maximum Gasteiger partial charge on any atom is 0.339 e. The molecule has 4 nitrogen and oxygen atoms in total. The smallest absolute Gasteiger partial charge is 0.339 e. The number of carbonyl (C=O) groups excluding carboxylic acids is 2. The summed E-state index contributed by atoms with van der Waals surface area (Å²) in [7, 11) is 0. The second-order valence-corrected chi connectivity index (χ2v) is 5.48. The lowest BCUT2D eigenvalue weighted by Gasteiger charge is -2.04. The number of para-hydroxylation sites is 1. The maximum atomic E-state index is 12.1. The predicted octanol–water partition coefficient (Wildman–Crippen LogP) is 4.24. The molecule has 3 rings (SSSR count). The number of rotatable bonds is 4. The molecular weight excluding hydrogens is 348 g/mol. The van der Waals surface area contributed by atoms with Crippen molar-refractivity contribution in [3.05, 3.63) is 70.4 Å². The van der Waals surface area contributed by atoms with Crippen LogP contribution in [0.1, 0.15) is 20.9 Å². The molecule has 2 aromatic carbocycles. The molecule has 0 unspecified atom stereocenters. The summed E-state index contributed by atoms with van der Waals surface area (Å²) in [5.41, 5.74) is 1.00. The first-order chi connectivity index (χ1) is 10.6. The summed E-state index contributed by atoms with van der Waals surface area (Å²) in [4.78, 5) is 24.0. The van der Waals surface area contributed by atoms with Crippen molar-refractivity contribution in [2.45, 2.75) is 0 Å². The van der Waals surface area contributed by atoms with E-state index in [0.717, 1.165) is 5.39 Å². The van der Waals surface area contributed by atoms with Crippen LogP contribution in [0.4, 0.5) is 0 Å². The van der Waals surface area contributed by atoms with Crippen LogP contribution < -0.4 is 0 Å². The van der Waals surface area contributed by atoms with Crippen LogP contribution in [-0.2, 0) is 4.74 Å². The average molecular weight is 359 g/mol. The molecule has 0 aliphatic heterocycles. The number of ether oxygens (including phenoxy) is 1. The SMILES string of the molecule is O=C(COC(=O)c1ccccc1Br)c1cc2ccccc2o1. The summed E-state index contributed by atoms with van der Waals surface area (Å²) in [6.45, 7) is -0.361. The molecule has 0 N–H and O–H groups in total. The Labute approximate surface area is 134 Å². The minimum Gasteiger partial charge on any atom is -0.454 e. The molecule has 0 aliphatic rings. The first-order valence-corrected chi connectivity index (χ1v) is 7.38. The Kier molecular flexibility index (Phi) is 4.06.